The summed E-state index contributed by atoms with van der Waals surface area (Å²) >= 11 is 0. The van der Waals surface area contributed by atoms with E-state index < -0.39 is 0 Å². The number of hydrogen-bond donors (Lipinski definition) is 2. The van der Waals surface area contributed by atoms with Crippen LogP contribution in [0, 0.1) is 0 Å². The second-order valence-electron chi connectivity index (χ2n) is 4.96. The van der Waals surface area contributed by atoms with Crippen LogP contribution < -0.4 is 10.6 Å². The lowest BCUT2D eigenvalue weighted by molar-refractivity contribution is 0.240. The number of rotatable bonds is 2. The fourth-order valence-corrected chi connectivity index (χ4v) is 2.79. The number of piperidine rings is 1. The first kappa shape index (κ1) is 12.2. The standard InChI is InChI=1S/C14H18N4O/c15-13-8-12(14-11(17-13)5-3-6-16-14)18-7-2-1-4-10(18)9-19/h3,5-6,8,10,19H,1-2,4,7,9H2,(H2,15,17). The van der Waals surface area contributed by atoms with Gasteiger partial charge in [-0.25, -0.2) is 4.98 Å². The fraction of sp³-hybridized carbons (Fsp3) is 0.429. The highest BCUT2D eigenvalue weighted by atomic mass is 16.3. The Kier molecular flexibility index (Phi) is 3.21. The molecule has 3 heterocycles. The summed E-state index contributed by atoms with van der Waals surface area (Å²) < 4.78 is 0. The van der Waals surface area contributed by atoms with Crippen molar-refractivity contribution in [2.75, 3.05) is 23.8 Å². The third kappa shape index (κ3) is 2.21. The minimum atomic E-state index is 0.153. The molecule has 1 unspecified atom stereocenters. The average molecular weight is 258 g/mol. The van der Waals surface area contributed by atoms with E-state index in [9.17, 15) is 5.11 Å². The van der Waals surface area contributed by atoms with Gasteiger partial charge in [-0.2, -0.15) is 0 Å². The van der Waals surface area contributed by atoms with Crippen molar-refractivity contribution in [3.05, 3.63) is 24.4 Å². The van der Waals surface area contributed by atoms with Crippen LogP contribution in [-0.4, -0.2) is 34.3 Å². The molecule has 0 bridgehead atoms. The molecule has 5 heteroatoms. The van der Waals surface area contributed by atoms with Crippen LogP contribution in [0.5, 0.6) is 0 Å². The highest BCUT2D eigenvalue weighted by molar-refractivity contribution is 5.89. The lowest BCUT2D eigenvalue weighted by Gasteiger charge is -2.36. The molecule has 19 heavy (non-hydrogen) atoms. The predicted octanol–water partition coefficient (Wildman–Crippen LogP) is 1.56. The van der Waals surface area contributed by atoms with Crippen LogP contribution in [0.4, 0.5) is 11.5 Å². The first-order valence-electron chi connectivity index (χ1n) is 6.68. The van der Waals surface area contributed by atoms with E-state index >= 15 is 0 Å². The predicted molar refractivity (Wildman–Crippen MR) is 76.0 cm³/mol. The molecule has 5 nitrogen and oxygen atoms in total. The van der Waals surface area contributed by atoms with Crippen LogP contribution in [0.25, 0.3) is 11.0 Å². The first-order valence-corrected chi connectivity index (χ1v) is 6.68. The summed E-state index contributed by atoms with van der Waals surface area (Å²) in [7, 11) is 0. The van der Waals surface area contributed by atoms with E-state index in [1.54, 1.807) is 6.20 Å². The van der Waals surface area contributed by atoms with Gasteiger partial charge in [0.2, 0.25) is 0 Å². The summed E-state index contributed by atoms with van der Waals surface area (Å²) in [6, 6.07) is 5.79. The van der Waals surface area contributed by atoms with E-state index in [1.165, 1.54) is 0 Å². The van der Waals surface area contributed by atoms with Crippen molar-refractivity contribution in [2.24, 2.45) is 0 Å². The van der Waals surface area contributed by atoms with Crippen molar-refractivity contribution in [1.29, 1.82) is 0 Å². The van der Waals surface area contributed by atoms with Gasteiger partial charge in [0.15, 0.2) is 0 Å². The van der Waals surface area contributed by atoms with E-state index in [-0.39, 0.29) is 12.6 Å². The van der Waals surface area contributed by atoms with Crippen LogP contribution in [-0.2, 0) is 0 Å². The Morgan fingerprint density at radius 1 is 1.42 bits per heavy atom. The van der Waals surface area contributed by atoms with E-state index in [4.69, 9.17) is 5.73 Å². The van der Waals surface area contributed by atoms with Gasteiger partial charge in [0.1, 0.15) is 11.3 Å². The Labute approximate surface area is 112 Å². The monoisotopic (exact) mass is 258 g/mol. The molecule has 1 fully saturated rings. The molecule has 3 rings (SSSR count). The van der Waals surface area contributed by atoms with Crippen LogP contribution in [0.3, 0.4) is 0 Å². The number of hydrogen-bond acceptors (Lipinski definition) is 5. The van der Waals surface area contributed by atoms with Gasteiger partial charge in [0.25, 0.3) is 0 Å². The summed E-state index contributed by atoms with van der Waals surface area (Å²) in [5.41, 5.74) is 8.54. The number of fused-ring (bicyclic) bond motifs is 1. The molecule has 0 spiro atoms. The van der Waals surface area contributed by atoms with Gasteiger partial charge in [-0.1, -0.05) is 0 Å². The molecule has 1 saturated heterocycles. The normalized spacial score (nSPS) is 19.8. The minimum Gasteiger partial charge on any atom is -0.394 e. The molecule has 100 valence electrons. The Bertz CT molecular complexity index is 587. The molecular formula is C14H18N4O. The Morgan fingerprint density at radius 3 is 3.16 bits per heavy atom. The van der Waals surface area contributed by atoms with Gasteiger partial charge in [-0.15, -0.1) is 0 Å². The molecule has 0 amide bonds. The molecule has 3 N–H and O–H groups in total. The second-order valence-corrected chi connectivity index (χ2v) is 4.96. The maximum absolute atomic E-state index is 9.56. The Balaban J connectivity index is 2.12. The van der Waals surface area contributed by atoms with Crippen molar-refractivity contribution in [2.45, 2.75) is 25.3 Å². The number of anilines is 2. The van der Waals surface area contributed by atoms with Gasteiger partial charge in [-0.05, 0) is 31.4 Å². The Hall–Kier alpha value is -1.88. The molecule has 1 aliphatic heterocycles. The zero-order chi connectivity index (χ0) is 13.2. The number of pyridine rings is 2. The molecule has 0 saturated carbocycles. The van der Waals surface area contributed by atoms with Crippen molar-refractivity contribution in [1.82, 2.24) is 9.97 Å². The quantitative estimate of drug-likeness (QED) is 0.855. The smallest absolute Gasteiger partial charge is 0.126 e. The highest BCUT2D eigenvalue weighted by Crippen LogP contribution is 2.30. The van der Waals surface area contributed by atoms with Crippen LogP contribution >= 0.6 is 0 Å². The van der Waals surface area contributed by atoms with Gasteiger partial charge in [0, 0.05) is 18.8 Å². The zero-order valence-corrected chi connectivity index (χ0v) is 10.8. The number of aromatic nitrogens is 2. The van der Waals surface area contributed by atoms with Crippen molar-refractivity contribution >= 4 is 22.5 Å². The SMILES string of the molecule is Nc1cc(N2CCCCC2CO)c2ncccc2n1. The summed E-state index contributed by atoms with van der Waals surface area (Å²) in [6.45, 7) is 1.09. The maximum atomic E-state index is 9.56. The number of nitrogens with zero attached hydrogens (tertiary/aromatic N) is 3. The second kappa shape index (κ2) is 5.01. The van der Waals surface area contributed by atoms with Gasteiger partial charge >= 0.3 is 0 Å². The van der Waals surface area contributed by atoms with E-state index in [2.05, 4.69) is 14.9 Å². The zero-order valence-electron chi connectivity index (χ0n) is 10.8. The average Bonchev–Trinajstić information content (AvgIpc) is 2.46. The van der Waals surface area contributed by atoms with Crippen molar-refractivity contribution in [3.63, 3.8) is 0 Å². The molecule has 0 radical (unpaired) electrons. The summed E-state index contributed by atoms with van der Waals surface area (Å²) in [4.78, 5) is 11.0. The number of aliphatic hydroxyl groups excluding tert-OH is 1. The number of nitrogens with two attached hydrogens (primary N) is 1. The first-order chi connectivity index (χ1) is 9.29. The van der Waals surface area contributed by atoms with Gasteiger partial charge in [0.05, 0.1) is 23.9 Å². The van der Waals surface area contributed by atoms with Crippen LogP contribution in [0.15, 0.2) is 24.4 Å². The Morgan fingerprint density at radius 2 is 2.32 bits per heavy atom. The maximum Gasteiger partial charge on any atom is 0.126 e. The summed E-state index contributed by atoms with van der Waals surface area (Å²) in [6.07, 6.45) is 5.06. The van der Waals surface area contributed by atoms with Gasteiger partial charge < -0.3 is 15.7 Å². The van der Waals surface area contributed by atoms with Crippen LogP contribution in [0.1, 0.15) is 19.3 Å². The van der Waals surface area contributed by atoms with E-state index in [0.717, 1.165) is 42.5 Å². The molecule has 1 atom stereocenters. The molecule has 0 aliphatic carbocycles. The third-order valence-corrected chi connectivity index (χ3v) is 3.71. The molecule has 2 aromatic heterocycles. The highest BCUT2D eigenvalue weighted by Gasteiger charge is 2.24. The topological polar surface area (TPSA) is 75.3 Å². The largest absolute Gasteiger partial charge is 0.394 e. The molecule has 2 aromatic rings. The van der Waals surface area contributed by atoms with Crippen molar-refractivity contribution in [3.8, 4) is 0 Å². The lowest BCUT2D eigenvalue weighted by Crippen LogP contribution is -2.42. The minimum absolute atomic E-state index is 0.153. The van der Waals surface area contributed by atoms with Gasteiger partial charge in [-0.3, -0.25) is 4.98 Å². The summed E-state index contributed by atoms with van der Waals surface area (Å²) in [5, 5.41) is 9.56. The third-order valence-electron chi connectivity index (χ3n) is 3.71. The van der Waals surface area contributed by atoms with E-state index in [0.29, 0.717) is 5.82 Å². The van der Waals surface area contributed by atoms with E-state index in [1.807, 2.05) is 18.2 Å². The number of aliphatic hydroxyl groups is 1. The molecule has 1 aliphatic rings. The van der Waals surface area contributed by atoms with Crippen molar-refractivity contribution < 1.29 is 5.11 Å². The lowest BCUT2D eigenvalue weighted by atomic mass is 10.0. The summed E-state index contributed by atoms with van der Waals surface area (Å²) in [5.74, 6) is 0.498. The fourth-order valence-electron chi connectivity index (χ4n) is 2.79. The van der Waals surface area contributed by atoms with Crippen LogP contribution in [0.2, 0.25) is 0 Å². The number of nitrogen functional groups attached to an aromatic ring is 1. The molecule has 0 aromatic carbocycles. The molecular weight excluding hydrogens is 240 g/mol.